The Kier molecular flexibility index (Phi) is 6.29. The van der Waals surface area contributed by atoms with Crippen LogP contribution in [-0.4, -0.2) is 53.6 Å². The molecule has 0 atom stereocenters. The van der Waals surface area contributed by atoms with Crippen molar-refractivity contribution < 1.29 is 9.53 Å². The number of fused-ring (bicyclic) bond motifs is 1. The van der Waals surface area contributed by atoms with E-state index in [-0.39, 0.29) is 5.91 Å². The molecule has 164 valence electrons. The molecule has 1 amide bonds. The summed E-state index contributed by atoms with van der Waals surface area (Å²) in [6, 6.07) is 14.8. The largest absolute Gasteiger partial charge is 0.379 e. The molecule has 4 heterocycles. The molecule has 0 saturated carbocycles. The van der Waals surface area contributed by atoms with Gasteiger partial charge in [0.25, 0.3) is 5.91 Å². The topological polar surface area (TPSA) is 70.2 Å². The Hall–Kier alpha value is -3.00. The minimum atomic E-state index is -0.0763. The van der Waals surface area contributed by atoms with Crippen LogP contribution in [-0.2, 0) is 17.7 Å². The van der Waals surface area contributed by atoms with E-state index in [0.717, 1.165) is 61.4 Å². The van der Waals surface area contributed by atoms with Crippen LogP contribution in [0.15, 0.2) is 60.2 Å². The molecule has 4 aromatic rings. The zero-order valence-corrected chi connectivity index (χ0v) is 18.7. The summed E-state index contributed by atoms with van der Waals surface area (Å²) in [6.45, 7) is 5.13. The number of hydrogen-bond donors (Lipinski definition) is 2. The lowest BCUT2D eigenvalue weighted by Gasteiger charge is -2.26. The second-order valence-corrected chi connectivity index (χ2v) is 9.03. The molecule has 0 spiro atoms. The summed E-state index contributed by atoms with van der Waals surface area (Å²) < 4.78 is 5.43. The van der Waals surface area contributed by atoms with Gasteiger partial charge in [0.05, 0.1) is 18.8 Å². The van der Waals surface area contributed by atoms with Crippen molar-refractivity contribution >= 4 is 28.3 Å². The van der Waals surface area contributed by atoms with Gasteiger partial charge in [-0.1, -0.05) is 30.3 Å². The van der Waals surface area contributed by atoms with Gasteiger partial charge in [-0.05, 0) is 35.1 Å². The highest BCUT2D eigenvalue weighted by Gasteiger charge is 2.14. The van der Waals surface area contributed by atoms with Crippen molar-refractivity contribution in [2.75, 3.05) is 32.8 Å². The standard InChI is InChI=1S/C25H26N4O2S/c30-25(26-8-7-21-2-1-13-32-21)23-16-28-24-22(23)14-20(15-27-24)19-5-3-18(4-6-19)17-29-9-11-31-12-10-29/h1-6,13-16H,7-12,17H2,(H,26,30)(H,27,28). The van der Waals surface area contributed by atoms with Gasteiger partial charge in [0, 0.05) is 54.4 Å². The molecule has 6 nitrogen and oxygen atoms in total. The summed E-state index contributed by atoms with van der Waals surface area (Å²) in [6.07, 6.45) is 4.44. The number of morpholine rings is 1. The van der Waals surface area contributed by atoms with Crippen molar-refractivity contribution in [2.24, 2.45) is 0 Å². The Bertz CT molecular complexity index is 1180. The van der Waals surface area contributed by atoms with Gasteiger partial charge in [-0.25, -0.2) is 4.98 Å². The molecule has 1 aromatic carbocycles. The number of carbonyl (C=O) groups is 1. The molecular formula is C25H26N4O2S. The predicted octanol–water partition coefficient (Wildman–Crippen LogP) is 4.10. The predicted molar refractivity (Wildman–Crippen MR) is 128 cm³/mol. The minimum absolute atomic E-state index is 0.0763. The number of thiophene rings is 1. The fourth-order valence-electron chi connectivity index (χ4n) is 4.02. The van der Waals surface area contributed by atoms with E-state index in [2.05, 4.69) is 55.9 Å². The first-order valence-electron chi connectivity index (χ1n) is 10.9. The molecule has 1 aliphatic rings. The third-order valence-corrected chi connectivity index (χ3v) is 6.75. The molecule has 1 saturated heterocycles. The fourth-order valence-corrected chi connectivity index (χ4v) is 4.73. The number of benzene rings is 1. The van der Waals surface area contributed by atoms with Crippen LogP contribution >= 0.6 is 11.3 Å². The number of nitrogens with zero attached hydrogens (tertiary/aromatic N) is 2. The van der Waals surface area contributed by atoms with Crippen LogP contribution in [0.1, 0.15) is 20.8 Å². The van der Waals surface area contributed by atoms with Gasteiger partial charge in [0.15, 0.2) is 0 Å². The second-order valence-electron chi connectivity index (χ2n) is 7.99. The van der Waals surface area contributed by atoms with Crippen LogP contribution in [0.3, 0.4) is 0 Å². The molecule has 0 unspecified atom stereocenters. The molecule has 32 heavy (non-hydrogen) atoms. The van der Waals surface area contributed by atoms with Gasteiger partial charge in [0.1, 0.15) is 5.65 Å². The van der Waals surface area contributed by atoms with E-state index >= 15 is 0 Å². The summed E-state index contributed by atoms with van der Waals surface area (Å²) in [4.78, 5) is 24.1. The number of aromatic nitrogens is 2. The van der Waals surface area contributed by atoms with Gasteiger partial charge in [-0.2, -0.15) is 0 Å². The third-order valence-electron chi connectivity index (χ3n) is 5.81. The number of carbonyl (C=O) groups excluding carboxylic acids is 1. The highest BCUT2D eigenvalue weighted by atomic mass is 32.1. The van der Waals surface area contributed by atoms with Crippen LogP contribution in [0.4, 0.5) is 0 Å². The first-order valence-corrected chi connectivity index (χ1v) is 11.8. The van der Waals surface area contributed by atoms with Gasteiger partial charge >= 0.3 is 0 Å². The molecule has 5 rings (SSSR count). The summed E-state index contributed by atoms with van der Waals surface area (Å²) in [5.74, 6) is -0.0763. The van der Waals surface area contributed by atoms with Gasteiger partial charge < -0.3 is 15.0 Å². The molecule has 0 radical (unpaired) electrons. The number of ether oxygens (including phenoxy) is 1. The van der Waals surface area contributed by atoms with Crippen LogP contribution in [0.2, 0.25) is 0 Å². The van der Waals surface area contributed by atoms with E-state index < -0.39 is 0 Å². The van der Waals surface area contributed by atoms with Crippen molar-refractivity contribution in [1.82, 2.24) is 20.2 Å². The number of amides is 1. The number of hydrogen-bond acceptors (Lipinski definition) is 5. The van der Waals surface area contributed by atoms with E-state index in [1.165, 1.54) is 10.4 Å². The number of rotatable bonds is 7. The second kappa shape index (κ2) is 9.65. The summed E-state index contributed by atoms with van der Waals surface area (Å²) in [5.41, 5.74) is 4.74. The number of H-pyrrole nitrogens is 1. The summed E-state index contributed by atoms with van der Waals surface area (Å²) >= 11 is 1.71. The minimum Gasteiger partial charge on any atom is -0.379 e. The maximum atomic E-state index is 12.8. The fraction of sp³-hybridized carbons (Fsp3) is 0.280. The Morgan fingerprint density at radius 1 is 1.16 bits per heavy atom. The van der Waals surface area contributed by atoms with E-state index in [1.807, 2.05) is 18.3 Å². The van der Waals surface area contributed by atoms with E-state index in [9.17, 15) is 4.79 Å². The molecule has 7 heteroatoms. The van der Waals surface area contributed by atoms with Crippen LogP contribution in [0.5, 0.6) is 0 Å². The summed E-state index contributed by atoms with van der Waals surface area (Å²) in [7, 11) is 0. The van der Waals surface area contributed by atoms with Crippen molar-refractivity contribution in [3.63, 3.8) is 0 Å². The van der Waals surface area contributed by atoms with Crippen molar-refractivity contribution in [2.45, 2.75) is 13.0 Å². The zero-order chi connectivity index (χ0) is 21.8. The van der Waals surface area contributed by atoms with Gasteiger partial charge in [0.2, 0.25) is 0 Å². The number of pyridine rings is 1. The molecule has 3 aromatic heterocycles. The van der Waals surface area contributed by atoms with Crippen molar-refractivity contribution in [3.8, 4) is 11.1 Å². The molecular weight excluding hydrogens is 420 g/mol. The highest BCUT2D eigenvalue weighted by molar-refractivity contribution is 7.09. The lowest BCUT2D eigenvalue weighted by molar-refractivity contribution is 0.0342. The quantitative estimate of drug-likeness (QED) is 0.449. The Labute approximate surface area is 191 Å². The first-order chi connectivity index (χ1) is 15.8. The van der Waals surface area contributed by atoms with Crippen molar-refractivity contribution in [3.05, 3.63) is 76.2 Å². The third kappa shape index (κ3) is 4.75. The van der Waals surface area contributed by atoms with Crippen LogP contribution < -0.4 is 5.32 Å². The van der Waals surface area contributed by atoms with Gasteiger partial charge in [-0.15, -0.1) is 11.3 Å². The SMILES string of the molecule is O=C(NCCc1cccs1)c1c[nH]c2ncc(-c3ccc(CN4CCOCC4)cc3)cc12. The Morgan fingerprint density at radius 2 is 2.00 bits per heavy atom. The number of aromatic amines is 1. The molecule has 1 aliphatic heterocycles. The molecule has 0 aliphatic carbocycles. The zero-order valence-electron chi connectivity index (χ0n) is 17.8. The molecule has 1 fully saturated rings. The number of nitrogens with one attached hydrogen (secondary N) is 2. The average molecular weight is 447 g/mol. The maximum Gasteiger partial charge on any atom is 0.253 e. The highest BCUT2D eigenvalue weighted by Crippen LogP contribution is 2.25. The maximum absolute atomic E-state index is 12.8. The van der Waals surface area contributed by atoms with E-state index in [4.69, 9.17) is 4.74 Å². The smallest absolute Gasteiger partial charge is 0.253 e. The van der Waals surface area contributed by atoms with Gasteiger partial charge in [-0.3, -0.25) is 9.69 Å². The van der Waals surface area contributed by atoms with Crippen LogP contribution in [0.25, 0.3) is 22.2 Å². The van der Waals surface area contributed by atoms with Crippen LogP contribution in [0, 0.1) is 0 Å². The first kappa shape index (κ1) is 20.9. The molecule has 2 N–H and O–H groups in total. The Balaban J connectivity index is 1.29. The van der Waals surface area contributed by atoms with E-state index in [1.54, 1.807) is 17.5 Å². The monoisotopic (exact) mass is 446 g/mol. The summed E-state index contributed by atoms with van der Waals surface area (Å²) in [5, 5.41) is 5.92. The molecule has 0 bridgehead atoms. The van der Waals surface area contributed by atoms with Crippen molar-refractivity contribution in [1.29, 1.82) is 0 Å². The van der Waals surface area contributed by atoms with E-state index in [0.29, 0.717) is 12.1 Å². The lowest BCUT2D eigenvalue weighted by Crippen LogP contribution is -2.35. The lowest BCUT2D eigenvalue weighted by atomic mass is 10.0. The normalized spacial score (nSPS) is 14.6. The average Bonchev–Trinajstić information content (AvgIpc) is 3.50. The Morgan fingerprint density at radius 3 is 2.78 bits per heavy atom.